The molecule has 15 heavy (non-hydrogen) atoms. The molecule has 1 amide bonds. The molecule has 1 saturated carbocycles. The molecule has 2 fully saturated rings. The molecule has 2 rings (SSSR count). The van der Waals surface area contributed by atoms with Gasteiger partial charge in [0.1, 0.15) is 0 Å². The van der Waals surface area contributed by atoms with Gasteiger partial charge in [0.25, 0.3) is 0 Å². The van der Waals surface area contributed by atoms with E-state index in [1.54, 1.807) is 0 Å². The zero-order valence-electron chi connectivity index (χ0n) is 9.46. The number of nitrogens with zero attached hydrogens (tertiary/aromatic N) is 1. The smallest absolute Gasteiger partial charge is 0.223 e. The van der Waals surface area contributed by atoms with Gasteiger partial charge in [0.2, 0.25) is 5.91 Å². The fourth-order valence-corrected chi connectivity index (χ4v) is 2.12. The van der Waals surface area contributed by atoms with E-state index in [1.165, 1.54) is 6.42 Å². The summed E-state index contributed by atoms with van der Waals surface area (Å²) >= 11 is 0. The van der Waals surface area contributed by atoms with Gasteiger partial charge in [-0.15, -0.1) is 0 Å². The molecule has 0 aromatic heterocycles. The summed E-state index contributed by atoms with van der Waals surface area (Å²) in [4.78, 5) is 13.9. The fraction of sp³-hybridized carbons (Fsp3) is 0.909. The Kier molecular flexibility index (Phi) is 3.59. The van der Waals surface area contributed by atoms with E-state index < -0.39 is 0 Å². The molecule has 1 heterocycles. The van der Waals surface area contributed by atoms with Crippen LogP contribution in [0.15, 0.2) is 0 Å². The Morgan fingerprint density at radius 3 is 2.93 bits per heavy atom. The van der Waals surface area contributed by atoms with E-state index in [9.17, 15) is 4.79 Å². The molecule has 4 heteroatoms. The first-order valence-corrected chi connectivity index (χ1v) is 5.96. The number of likely N-dealkylation sites (N-methyl/N-ethyl adjacent to an activating group) is 1. The third-order valence-corrected chi connectivity index (χ3v) is 3.63. The van der Waals surface area contributed by atoms with Crippen LogP contribution in [0.5, 0.6) is 0 Å². The van der Waals surface area contributed by atoms with Crippen LogP contribution in [0.2, 0.25) is 0 Å². The van der Waals surface area contributed by atoms with Crippen molar-refractivity contribution in [2.24, 2.45) is 5.92 Å². The van der Waals surface area contributed by atoms with E-state index in [1.807, 2.05) is 0 Å². The van der Waals surface area contributed by atoms with Gasteiger partial charge in [-0.2, -0.15) is 0 Å². The Hall–Kier alpha value is -0.610. The largest absolute Gasteiger partial charge is 0.354 e. The van der Waals surface area contributed by atoms with Crippen molar-refractivity contribution in [3.8, 4) is 0 Å². The Morgan fingerprint density at radius 2 is 2.33 bits per heavy atom. The summed E-state index contributed by atoms with van der Waals surface area (Å²) in [5.41, 5.74) is 0. The Bertz CT molecular complexity index is 228. The molecule has 2 N–H and O–H groups in total. The number of hydrogen-bond acceptors (Lipinski definition) is 3. The second-order valence-corrected chi connectivity index (χ2v) is 4.71. The lowest BCUT2D eigenvalue weighted by Gasteiger charge is -2.34. The van der Waals surface area contributed by atoms with Gasteiger partial charge in [0.15, 0.2) is 0 Å². The maximum atomic E-state index is 11.6. The molecule has 1 unspecified atom stereocenters. The second-order valence-electron chi connectivity index (χ2n) is 4.71. The number of hydrogen-bond donors (Lipinski definition) is 2. The molecule has 1 aliphatic carbocycles. The second kappa shape index (κ2) is 4.94. The van der Waals surface area contributed by atoms with Gasteiger partial charge in [-0.1, -0.05) is 6.42 Å². The van der Waals surface area contributed by atoms with Crippen molar-refractivity contribution in [2.75, 3.05) is 33.2 Å². The standard InChI is InChI=1S/C11H21N3O/c1-14-6-5-12-7-10(14)8-13-11(15)9-3-2-4-9/h9-10,12H,2-8H2,1H3,(H,13,15). The van der Waals surface area contributed by atoms with Crippen LogP contribution >= 0.6 is 0 Å². The average molecular weight is 211 g/mol. The predicted molar refractivity (Wildman–Crippen MR) is 59.6 cm³/mol. The van der Waals surface area contributed by atoms with Crippen LogP contribution in [0, 0.1) is 5.92 Å². The van der Waals surface area contributed by atoms with Crippen LogP contribution in [0.4, 0.5) is 0 Å². The topological polar surface area (TPSA) is 44.4 Å². The third-order valence-electron chi connectivity index (χ3n) is 3.63. The van der Waals surface area contributed by atoms with Crippen LogP contribution in [0.1, 0.15) is 19.3 Å². The first-order chi connectivity index (χ1) is 7.27. The van der Waals surface area contributed by atoms with Crippen molar-refractivity contribution in [1.29, 1.82) is 0 Å². The summed E-state index contributed by atoms with van der Waals surface area (Å²) in [7, 11) is 2.13. The molecule has 0 aromatic rings. The van der Waals surface area contributed by atoms with Crippen molar-refractivity contribution < 1.29 is 4.79 Å². The monoisotopic (exact) mass is 211 g/mol. The van der Waals surface area contributed by atoms with Crippen molar-refractivity contribution in [1.82, 2.24) is 15.5 Å². The molecule has 0 aromatic carbocycles. The minimum absolute atomic E-state index is 0.264. The molecule has 2 aliphatic rings. The van der Waals surface area contributed by atoms with Crippen molar-refractivity contribution in [3.63, 3.8) is 0 Å². The molecule has 1 atom stereocenters. The quantitative estimate of drug-likeness (QED) is 0.680. The summed E-state index contributed by atoms with van der Waals surface area (Å²) in [5, 5.41) is 6.42. The van der Waals surface area contributed by atoms with Gasteiger partial charge >= 0.3 is 0 Å². The van der Waals surface area contributed by atoms with E-state index >= 15 is 0 Å². The van der Waals surface area contributed by atoms with E-state index in [2.05, 4.69) is 22.6 Å². The third kappa shape index (κ3) is 2.69. The average Bonchev–Trinajstić information content (AvgIpc) is 2.14. The van der Waals surface area contributed by atoms with Crippen LogP contribution in [-0.2, 0) is 4.79 Å². The predicted octanol–water partition coefficient (Wildman–Crippen LogP) is -0.194. The van der Waals surface area contributed by atoms with Gasteiger partial charge in [-0.05, 0) is 19.9 Å². The SMILES string of the molecule is CN1CCNCC1CNC(=O)C1CCC1. The number of rotatable bonds is 3. The molecule has 0 spiro atoms. The molecule has 86 valence electrons. The first-order valence-electron chi connectivity index (χ1n) is 5.96. The lowest BCUT2D eigenvalue weighted by Crippen LogP contribution is -2.54. The van der Waals surface area contributed by atoms with Crippen LogP contribution < -0.4 is 10.6 Å². The first kappa shape index (κ1) is 10.9. The highest BCUT2D eigenvalue weighted by molar-refractivity contribution is 5.79. The van der Waals surface area contributed by atoms with Crippen molar-refractivity contribution >= 4 is 5.91 Å². The lowest BCUT2D eigenvalue weighted by molar-refractivity contribution is -0.127. The highest BCUT2D eigenvalue weighted by Crippen LogP contribution is 2.26. The summed E-state index contributed by atoms with van der Waals surface area (Å²) in [5.74, 6) is 0.576. The minimum atomic E-state index is 0.264. The highest BCUT2D eigenvalue weighted by Gasteiger charge is 2.26. The molecular formula is C11H21N3O. The van der Waals surface area contributed by atoms with Crippen molar-refractivity contribution in [3.05, 3.63) is 0 Å². The van der Waals surface area contributed by atoms with E-state index in [0.717, 1.165) is 39.0 Å². The van der Waals surface area contributed by atoms with Crippen molar-refractivity contribution in [2.45, 2.75) is 25.3 Å². The zero-order valence-corrected chi connectivity index (χ0v) is 9.46. The molecule has 0 radical (unpaired) electrons. The number of carbonyl (C=O) groups excluding carboxylic acids is 1. The minimum Gasteiger partial charge on any atom is -0.354 e. The van der Waals surface area contributed by atoms with Crippen LogP contribution in [-0.4, -0.2) is 50.1 Å². The summed E-state index contributed by atoms with van der Waals surface area (Å²) in [6.07, 6.45) is 3.40. The maximum Gasteiger partial charge on any atom is 0.223 e. The maximum absolute atomic E-state index is 11.6. The van der Waals surface area contributed by atoms with Crippen LogP contribution in [0.25, 0.3) is 0 Å². The lowest BCUT2D eigenvalue weighted by atomic mass is 9.85. The molecule has 1 aliphatic heterocycles. The Morgan fingerprint density at radius 1 is 1.53 bits per heavy atom. The van der Waals surface area contributed by atoms with Gasteiger partial charge in [0.05, 0.1) is 0 Å². The van der Waals surface area contributed by atoms with E-state index in [-0.39, 0.29) is 5.91 Å². The van der Waals surface area contributed by atoms with Gasteiger partial charge in [-0.25, -0.2) is 0 Å². The summed E-state index contributed by atoms with van der Waals surface area (Å²) in [6.45, 7) is 3.91. The Labute approximate surface area is 91.4 Å². The van der Waals surface area contributed by atoms with Gasteiger partial charge in [0, 0.05) is 38.1 Å². The summed E-state index contributed by atoms with van der Waals surface area (Å²) in [6, 6.07) is 0.461. The number of piperazine rings is 1. The molecule has 4 nitrogen and oxygen atoms in total. The summed E-state index contributed by atoms with van der Waals surface area (Å²) < 4.78 is 0. The number of nitrogens with one attached hydrogen (secondary N) is 2. The molecule has 1 saturated heterocycles. The Balaban J connectivity index is 1.69. The van der Waals surface area contributed by atoms with Gasteiger partial charge in [-0.3, -0.25) is 9.69 Å². The number of carbonyl (C=O) groups is 1. The molecular weight excluding hydrogens is 190 g/mol. The fourth-order valence-electron chi connectivity index (χ4n) is 2.12. The van der Waals surface area contributed by atoms with Gasteiger partial charge < -0.3 is 10.6 Å². The number of amides is 1. The van der Waals surface area contributed by atoms with E-state index in [0.29, 0.717) is 12.0 Å². The van der Waals surface area contributed by atoms with Crippen LogP contribution in [0.3, 0.4) is 0 Å². The highest BCUT2D eigenvalue weighted by atomic mass is 16.1. The normalized spacial score (nSPS) is 28.5. The zero-order chi connectivity index (χ0) is 10.7. The van der Waals surface area contributed by atoms with E-state index in [4.69, 9.17) is 0 Å². The molecule has 0 bridgehead atoms.